The van der Waals surface area contributed by atoms with E-state index in [1.807, 2.05) is 30.3 Å². The molecule has 0 radical (unpaired) electrons. The van der Waals surface area contributed by atoms with Gasteiger partial charge in [0, 0.05) is 6.20 Å². The molecule has 1 aromatic carbocycles. The number of H-pyrrole nitrogens is 1. The van der Waals surface area contributed by atoms with Crippen LogP contribution in [0.4, 0.5) is 0 Å². The zero-order chi connectivity index (χ0) is 12.1. The van der Waals surface area contributed by atoms with Crippen molar-refractivity contribution in [3.8, 4) is 0 Å². The fourth-order valence-electron chi connectivity index (χ4n) is 1.36. The SMILES string of the molecule is O=C(C=Cc1ccccc1)c1ccn[nH]c1=O. The minimum absolute atomic E-state index is 0.0900. The number of benzene rings is 1. The Morgan fingerprint density at radius 2 is 1.94 bits per heavy atom. The predicted molar refractivity (Wildman–Crippen MR) is 64.7 cm³/mol. The van der Waals surface area contributed by atoms with Gasteiger partial charge in [0.2, 0.25) is 0 Å². The lowest BCUT2D eigenvalue weighted by molar-refractivity contribution is 0.104. The molecule has 0 unspecified atom stereocenters. The largest absolute Gasteiger partial charge is 0.289 e. The Balaban J connectivity index is 2.21. The van der Waals surface area contributed by atoms with Crippen LogP contribution in [0.5, 0.6) is 0 Å². The number of carbonyl (C=O) groups is 1. The van der Waals surface area contributed by atoms with E-state index in [4.69, 9.17) is 0 Å². The summed E-state index contributed by atoms with van der Waals surface area (Å²) in [6, 6.07) is 10.8. The molecule has 84 valence electrons. The molecule has 1 aromatic heterocycles. The molecule has 0 amide bonds. The number of hydrogen-bond acceptors (Lipinski definition) is 3. The summed E-state index contributed by atoms with van der Waals surface area (Å²) >= 11 is 0. The Hall–Kier alpha value is -2.49. The van der Waals surface area contributed by atoms with Crippen molar-refractivity contribution in [2.75, 3.05) is 0 Å². The van der Waals surface area contributed by atoms with Crippen LogP contribution in [-0.2, 0) is 0 Å². The highest BCUT2D eigenvalue weighted by atomic mass is 16.1. The fourth-order valence-corrected chi connectivity index (χ4v) is 1.36. The molecular formula is C13H10N2O2. The smallest absolute Gasteiger partial charge is 0.275 e. The first kappa shape index (κ1) is 11.0. The highest BCUT2D eigenvalue weighted by molar-refractivity contribution is 6.06. The molecule has 0 bridgehead atoms. The monoisotopic (exact) mass is 226 g/mol. The Kier molecular flexibility index (Phi) is 3.25. The van der Waals surface area contributed by atoms with Gasteiger partial charge in [-0.15, -0.1) is 0 Å². The highest BCUT2D eigenvalue weighted by Crippen LogP contribution is 2.02. The van der Waals surface area contributed by atoms with Crippen molar-refractivity contribution in [1.82, 2.24) is 10.2 Å². The number of nitrogens with zero attached hydrogens (tertiary/aromatic N) is 1. The van der Waals surface area contributed by atoms with E-state index in [0.717, 1.165) is 5.56 Å². The van der Waals surface area contributed by atoms with Crippen molar-refractivity contribution in [2.24, 2.45) is 0 Å². The lowest BCUT2D eigenvalue weighted by Crippen LogP contribution is -2.16. The number of carbonyl (C=O) groups excluding carboxylic acids is 1. The highest BCUT2D eigenvalue weighted by Gasteiger charge is 2.05. The molecule has 2 rings (SSSR count). The summed E-state index contributed by atoms with van der Waals surface area (Å²) in [7, 11) is 0. The van der Waals surface area contributed by atoms with Gasteiger partial charge in [0.15, 0.2) is 5.78 Å². The summed E-state index contributed by atoms with van der Waals surface area (Å²) in [5.41, 5.74) is 0.522. The lowest BCUT2D eigenvalue weighted by Gasteiger charge is -1.93. The maximum Gasteiger partial charge on any atom is 0.275 e. The Bertz CT molecular complexity index is 600. The second kappa shape index (κ2) is 5.03. The summed E-state index contributed by atoms with van der Waals surface area (Å²) < 4.78 is 0. The second-order valence-electron chi connectivity index (χ2n) is 3.41. The van der Waals surface area contributed by atoms with E-state index in [-0.39, 0.29) is 11.3 Å². The van der Waals surface area contributed by atoms with Crippen LogP contribution in [0.25, 0.3) is 6.08 Å². The molecule has 1 N–H and O–H groups in total. The first-order chi connectivity index (χ1) is 8.27. The summed E-state index contributed by atoms with van der Waals surface area (Å²) in [5.74, 6) is -0.336. The van der Waals surface area contributed by atoms with Gasteiger partial charge in [0.25, 0.3) is 5.56 Å². The second-order valence-corrected chi connectivity index (χ2v) is 3.41. The maximum atomic E-state index is 11.7. The normalized spacial score (nSPS) is 10.6. The molecule has 0 atom stereocenters. The molecule has 1 heterocycles. The number of aromatic amines is 1. The summed E-state index contributed by atoms with van der Waals surface area (Å²) in [4.78, 5) is 23.0. The fraction of sp³-hybridized carbons (Fsp3) is 0. The van der Waals surface area contributed by atoms with Gasteiger partial charge in [-0.2, -0.15) is 5.10 Å². The molecule has 17 heavy (non-hydrogen) atoms. The summed E-state index contributed by atoms with van der Waals surface area (Å²) in [6.07, 6.45) is 4.42. The van der Waals surface area contributed by atoms with Crippen LogP contribution in [0.15, 0.2) is 53.5 Å². The van der Waals surface area contributed by atoms with Crippen LogP contribution < -0.4 is 5.56 Å². The number of aromatic nitrogens is 2. The van der Waals surface area contributed by atoms with Gasteiger partial charge in [-0.25, -0.2) is 5.10 Å². The maximum absolute atomic E-state index is 11.7. The number of ketones is 1. The van der Waals surface area contributed by atoms with Crippen LogP contribution in [0, 0.1) is 0 Å². The molecule has 4 nitrogen and oxygen atoms in total. The average molecular weight is 226 g/mol. The van der Waals surface area contributed by atoms with Crippen LogP contribution in [-0.4, -0.2) is 16.0 Å². The lowest BCUT2D eigenvalue weighted by atomic mass is 10.1. The minimum atomic E-state index is -0.477. The molecule has 0 aliphatic rings. The molecule has 0 fully saturated rings. The first-order valence-electron chi connectivity index (χ1n) is 5.08. The van der Waals surface area contributed by atoms with Crippen molar-refractivity contribution < 1.29 is 4.79 Å². The number of hydrogen-bond donors (Lipinski definition) is 1. The third-order valence-electron chi connectivity index (χ3n) is 2.22. The van der Waals surface area contributed by atoms with Crippen LogP contribution in [0.1, 0.15) is 15.9 Å². The van der Waals surface area contributed by atoms with Crippen molar-refractivity contribution >= 4 is 11.9 Å². The topological polar surface area (TPSA) is 62.8 Å². The summed E-state index contributed by atoms with van der Waals surface area (Å²) in [5, 5.41) is 5.75. The Morgan fingerprint density at radius 3 is 2.65 bits per heavy atom. The molecule has 0 spiro atoms. The van der Waals surface area contributed by atoms with Gasteiger partial charge in [-0.05, 0) is 17.7 Å². The first-order valence-corrected chi connectivity index (χ1v) is 5.08. The van der Waals surface area contributed by atoms with Gasteiger partial charge in [0.1, 0.15) is 0 Å². The number of allylic oxidation sites excluding steroid dienone is 1. The van der Waals surface area contributed by atoms with E-state index < -0.39 is 5.56 Å². The van der Waals surface area contributed by atoms with E-state index in [1.54, 1.807) is 6.08 Å². The predicted octanol–water partition coefficient (Wildman–Crippen LogP) is 1.67. The molecule has 0 aliphatic heterocycles. The zero-order valence-corrected chi connectivity index (χ0v) is 8.96. The molecule has 0 saturated carbocycles. The molecule has 2 aromatic rings. The van der Waals surface area contributed by atoms with Gasteiger partial charge in [-0.3, -0.25) is 9.59 Å². The van der Waals surface area contributed by atoms with Crippen molar-refractivity contribution in [3.63, 3.8) is 0 Å². The van der Waals surface area contributed by atoms with E-state index in [1.165, 1.54) is 18.3 Å². The molecular weight excluding hydrogens is 216 g/mol. The van der Waals surface area contributed by atoms with Crippen molar-refractivity contribution in [2.45, 2.75) is 0 Å². The average Bonchev–Trinajstić information content (AvgIpc) is 2.38. The van der Waals surface area contributed by atoms with E-state index in [9.17, 15) is 9.59 Å². The number of rotatable bonds is 3. The summed E-state index contributed by atoms with van der Waals surface area (Å²) in [6.45, 7) is 0. The van der Waals surface area contributed by atoms with Crippen LogP contribution in [0.3, 0.4) is 0 Å². The standard InChI is InChI=1S/C13H10N2O2/c16-12(11-8-9-14-15-13(11)17)7-6-10-4-2-1-3-5-10/h1-9H,(H,15,17). The van der Waals surface area contributed by atoms with Gasteiger partial charge in [0.05, 0.1) is 5.56 Å². The third-order valence-corrected chi connectivity index (χ3v) is 2.22. The molecule has 0 saturated heterocycles. The van der Waals surface area contributed by atoms with E-state index >= 15 is 0 Å². The van der Waals surface area contributed by atoms with Gasteiger partial charge < -0.3 is 0 Å². The van der Waals surface area contributed by atoms with E-state index in [0.29, 0.717) is 0 Å². The molecule has 0 aliphatic carbocycles. The minimum Gasteiger partial charge on any atom is -0.289 e. The van der Waals surface area contributed by atoms with E-state index in [2.05, 4.69) is 10.2 Å². The number of nitrogens with one attached hydrogen (secondary N) is 1. The third kappa shape index (κ3) is 2.75. The van der Waals surface area contributed by atoms with Crippen LogP contribution >= 0.6 is 0 Å². The molecule has 4 heteroatoms. The van der Waals surface area contributed by atoms with Gasteiger partial charge in [-0.1, -0.05) is 36.4 Å². The van der Waals surface area contributed by atoms with Crippen molar-refractivity contribution in [1.29, 1.82) is 0 Å². The Morgan fingerprint density at radius 1 is 1.18 bits per heavy atom. The quantitative estimate of drug-likeness (QED) is 0.639. The van der Waals surface area contributed by atoms with Gasteiger partial charge >= 0.3 is 0 Å². The Labute approximate surface area is 97.6 Å². The van der Waals surface area contributed by atoms with Crippen LogP contribution in [0.2, 0.25) is 0 Å². The zero-order valence-electron chi connectivity index (χ0n) is 8.96. The van der Waals surface area contributed by atoms with Crippen molar-refractivity contribution in [3.05, 3.63) is 70.2 Å².